The van der Waals surface area contributed by atoms with Crippen LogP contribution in [0.5, 0.6) is 5.75 Å². The number of methoxy groups -OCH3 is 1. The Balaban J connectivity index is 1.55. The second-order valence-corrected chi connectivity index (χ2v) is 6.54. The van der Waals surface area contributed by atoms with Crippen molar-refractivity contribution in [3.05, 3.63) is 57.7 Å². The molecule has 1 aliphatic carbocycles. The molecule has 1 saturated carbocycles. The van der Waals surface area contributed by atoms with Crippen LogP contribution in [-0.2, 0) is 0 Å². The molecule has 0 unspecified atom stereocenters. The van der Waals surface area contributed by atoms with E-state index >= 15 is 0 Å². The van der Waals surface area contributed by atoms with Gasteiger partial charge in [0.15, 0.2) is 0 Å². The fourth-order valence-electron chi connectivity index (χ4n) is 2.70. The Labute approximate surface area is 133 Å². The predicted octanol–water partition coefficient (Wildman–Crippen LogP) is 4.66. The van der Waals surface area contributed by atoms with E-state index in [0.29, 0.717) is 12.0 Å². The Hall–Kier alpha value is -1.23. The molecule has 0 spiro atoms. The molecule has 2 nitrogen and oxygen atoms in total. The molecule has 1 aliphatic rings. The zero-order valence-corrected chi connectivity index (χ0v) is 13.6. The van der Waals surface area contributed by atoms with Gasteiger partial charge in [0.1, 0.15) is 5.75 Å². The summed E-state index contributed by atoms with van der Waals surface area (Å²) < 4.78 is 6.48. The molecule has 0 amide bonds. The van der Waals surface area contributed by atoms with Gasteiger partial charge in [0.2, 0.25) is 0 Å². The van der Waals surface area contributed by atoms with E-state index in [-0.39, 0.29) is 0 Å². The molecule has 1 fully saturated rings. The molecule has 20 heavy (non-hydrogen) atoms. The summed E-state index contributed by atoms with van der Waals surface area (Å²) in [5, 5.41) is 3.61. The van der Waals surface area contributed by atoms with Gasteiger partial charge < -0.3 is 10.1 Å². The first kappa shape index (κ1) is 13.7. The predicted molar refractivity (Wildman–Crippen MR) is 91.5 cm³/mol. The minimum absolute atomic E-state index is 0.598. The van der Waals surface area contributed by atoms with Crippen LogP contribution in [0.2, 0.25) is 0 Å². The van der Waals surface area contributed by atoms with Crippen LogP contribution in [-0.4, -0.2) is 13.2 Å². The maximum Gasteiger partial charge on any atom is 0.118 e. The van der Waals surface area contributed by atoms with E-state index in [1.165, 1.54) is 27.7 Å². The van der Waals surface area contributed by atoms with Crippen LogP contribution in [0.15, 0.2) is 48.5 Å². The number of benzene rings is 2. The standard InChI is InChI=1S/C17H18INO/c1-20-17-7-5-12(6-8-17)13-9-16(10-13)19-15-4-2-3-14(18)11-15/h2-8,11,13,16,19H,9-10H2,1H3. The van der Waals surface area contributed by atoms with Crippen molar-refractivity contribution in [1.29, 1.82) is 0 Å². The van der Waals surface area contributed by atoms with Gasteiger partial charge in [0.05, 0.1) is 7.11 Å². The zero-order valence-electron chi connectivity index (χ0n) is 11.5. The fourth-order valence-corrected chi connectivity index (χ4v) is 3.24. The Kier molecular flexibility index (Phi) is 4.15. The van der Waals surface area contributed by atoms with E-state index in [0.717, 1.165) is 5.75 Å². The van der Waals surface area contributed by atoms with Crippen molar-refractivity contribution in [2.24, 2.45) is 0 Å². The van der Waals surface area contributed by atoms with Gasteiger partial charge in [-0.25, -0.2) is 0 Å². The minimum atomic E-state index is 0.598. The highest BCUT2D eigenvalue weighted by molar-refractivity contribution is 14.1. The highest BCUT2D eigenvalue weighted by Gasteiger charge is 2.30. The van der Waals surface area contributed by atoms with Crippen molar-refractivity contribution in [3.63, 3.8) is 0 Å². The normalized spacial score (nSPS) is 21.1. The minimum Gasteiger partial charge on any atom is -0.497 e. The lowest BCUT2D eigenvalue weighted by molar-refractivity contribution is 0.373. The summed E-state index contributed by atoms with van der Waals surface area (Å²) in [6.45, 7) is 0. The third-order valence-corrected chi connectivity index (χ3v) is 4.59. The van der Waals surface area contributed by atoms with Crippen molar-refractivity contribution in [3.8, 4) is 5.75 Å². The Morgan fingerprint density at radius 1 is 1.10 bits per heavy atom. The van der Waals surface area contributed by atoms with Crippen LogP contribution in [0, 0.1) is 3.57 Å². The highest BCUT2D eigenvalue weighted by atomic mass is 127. The van der Waals surface area contributed by atoms with Crippen LogP contribution < -0.4 is 10.1 Å². The largest absolute Gasteiger partial charge is 0.497 e. The van der Waals surface area contributed by atoms with Crippen LogP contribution in [0.4, 0.5) is 5.69 Å². The summed E-state index contributed by atoms with van der Waals surface area (Å²) in [5.74, 6) is 1.61. The number of rotatable bonds is 4. The van der Waals surface area contributed by atoms with E-state index in [1.54, 1.807) is 7.11 Å². The Morgan fingerprint density at radius 3 is 2.50 bits per heavy atom. The first-order valence-corrected chi connectivity index (χ1v) is 7.98. The molecule has 3 heteroatoms. The van der Waals surface area contributed by atoms with Crippen molar-refractivity contribution < 1.29 is 4.74 Å². The number of hydrogen-bond donors (Lipinski definition) is 1. The number of ether oxygens (including phenoxy) is 1. The molecule has 0 aromatic heterocycles. The maximum atomic E-state index is 5.20. The SMILES string of the molecule is COc1ccc(C2CC(Nc3cccc(I)c3)C2)cc1. The number of hydrogen-bond acceptors (Lipinski definition) is 2. The lowest BCUT2D eigenvalue weighted by atomic mass is 9.76. The molecule has 2 aromatic carbocycles. The van der Waals surface area contributed by atoms with Gasteiger partial charge in [-0.2, -0.15) is 0 Å². The Bertz CT molecular complexity index is 576. The molecule has 0 heterocycles. The van der Waals surface area contributed by atoms with Crippen LogP contribution in [0.25, 0.3) is 0 Å². The molecule has 0 atom stereocenters. The number of anilines is 1. The van der Waals surface area contributed by atoms with E-state index < -0.39 is 0 Å². The molecule has 2 aromatic rings. The van der Waals surface area contributed by atoms with Crippen molar-refractivity contribution in [1.82, 2.24) is 0 Å². The number of halogens is 1. The molecule has 1 N–H and O–H groups in total. The lowest BCUT2D eigenvalue weighted by Crippen LogP contribution is -2.33. The van der Waals surface area contributed by atoms with Crippen molar-refractivity contribution in [2.45, 2.75) is 24.8 Å². The second-order valence-electron chi connectivity index (χ2n) is 5.29. The first-order valence-electron chi connectivity index (χ1n) is 6.90. The third-order valence-electron chi connectivity index (χ3n) is 3.92. The lowest BCUT2D eigenvalue weighted by Gasteiger charge is -2.37. The quantitative estimate of drug-likeness (QED) is 0.781. The van der Waals surface area contributed by atoms with E-state index in [2.05, 4.69) is 76.4 Å². The molecule has 104 valence electrons. The van der Waals surface area contributed by atoms with Crippen LogP contribution in [0.3, 0.4) is 0 Å². The number of nitrogens with one attached hydrogen (secondary N) is 1. The van der Waals surface area contributed by atoms with E-state index in [9.17, 15) is 0 Å². The summed E-state index contributed by atoms with van der Waals surface area (Å²) in [6.07, 6.45) is 2.41. The summed E-state index contributed by atoms with van der Waals surface area (Å²) in [4.78, 5) is 0. The summed E-state index contributed by atoms with van der Waals surface area (Å²) in [5.41, 5.74) is 2.65. The van der Waals surface area contributed by atoms with E-state index in [1.807, 2.05) is 0 Å². The summed E-state index contributed by atoms with van der Waals surface area (Å²) in [6, 6.07) is 17.6. The monoisotopic (exact) mass is 379 g/mol. The van der Waals surface area contributed by atoms with Crippen molar-refractivity contribution in [2.75, 3.05) is 12.4 Å². The zero-order chi connectivity index (χ0) is 13.9. The molecule has 0 aliphatic heterocycles. The first-order chi connectivity index (χ1) is 9.74. The van der Waals surface area contributed by atoms with Crippen molar-refractivity contribution >= 4 is 28.3 Å². The van der Waals surface area contributed by atoms with Gasteiger partial charge >= 0.3 is 0 Å². The topological polar surface area (TPSA) is 21.3 Å². The third kappa shape index (κ3) is 3.08. The highest BCUT2D eigenvalue weighted by Crippen LogP contribution is 2.39. The maximum absolute atomic E-state index is 5.20. The van der Waals surface area contributed by atoms with Gasteiger partial charge in [-0.05, 0) is 77.2 Å². The average Bonchev–Trinajstić information content (AvgIpc) is 2.43. The molecule has 0 saturated heterocycles. The smallest absolute Gasteiger partial charge is 0.118 e. The van der Waals surface area contributed by atoms with Crippen LogP contribution in [0.1, 0.15) is 24.3 Å². The van der Waals surface area contributed by atoms with Gasteiger partial charge in [0, 0.05) is 15.3 Å². The molecular weight excluding hydrogens is 361 g/mol. The van der Waals surface area contributed by atoms with Gasteiger partial charge in [0.25, 0.3) is 0 Å². The average molecular weight is 379 g/mol. The second kappa shape index (κ2) is 6.04. The summed E-state index contributed by atoms with van der Waals surface area (Å²) in [7, 11) is 1.71. The Morgan fingerprint density at radius 2 is 1.85 bits per heavy atom. The fraction of sp³-hybridized carbons (Fsp3) is 0.294. The molecule has 0 radical (unpaired) electrons. The van der Waals surface area contributed by atoms with Gasteiger partial charge in [-0.15, -0.1) is 0 Å². The van der Waals surface area contributed by atoms with E-state index in [4.69, 9.17) is 4.74 Å². The molecule has 3 rings (SSSR count). The molecule has 0 bridgehead atoms. The van der Waals surface area contributed by atoms with Gasteiger partial charge in [-0.3, -0.25) is 0 Å². The molecular formula is C17H18INO. The van der Waals surface area contributed by atoms with Crippen LogP contribution >= 0.6 is 22.6 Å². The van der Waals surface area contributed by atoms with Gasteiger partial charge in [-0.1, -0.05) is 18.2 Å². The summed E-state index contributed by atoms with van der Waals surface area (Å²) >= 11 is 2.35.